The molecule has 0 spiro atoms. The van der Waals surface area contributed by atoms with E-state index in [4.69, 9.17) is 5.26 Å². The predicted molar refractivity (Wildman–Crippen MR) is 50.0 cm³/mol. The molecule has 0 unspecified atom stereocenters. The van der Waals surface area contributed by atoms with Gasteiger partial charge in [-0.1, -0.05) is 11.8 Å². The van der Waals surface area contributed by atoms with E-state index in [0.29, 0.717) is 0 Å². The van der Waals surface area contributed by atoms with Gasteiger partial charge in [-0.3, -0.25) is 0 Å². The standard InChI is InChI=1S/C11H7F2NO/c1-15-11-9(12)6-8(7-10(11)13)4-2-3-5-14/h6-7H,3H2,1H3. The lowest BCUT2D eigenvalue weighted by Gasteiger charge is -2.02. The lowest BCUT2D eigenvalue weighted by molar-refractivity contribution is 0.359. The summed E-state index contributed by atoms with van der Waals surface area (Å²) in [5, 5.41) is 8.21. The van der Waals surface area contributed by atoms with Gasteiger partial charge in [0.25, 0.3) is 0 Å². The zero-order chi connectivity index (χ0) is 11.3. The molecule has 1 aromatic carbocycles. The topological polar surface area (TPSA) is 33.0 Å². The molecular formula is C11H7F2NO. The first-order valence-electron chi connectivity index (χ1n) is 4.08. The number of hydrogen-bond donors (Lipinski definition) is 0. The van der Waals surface area contributed by atoms with Gasteiger partial charge in [0.05, 0.1) is 19.6 Å². The zero-order valence-corrected chi connectivity index (χ0v) is 7.97. The molecule has 0 N–H and O–H groups in total. The van der Waals surface area contributed by atoms with E-state index in [2.05, 4.69) is 16.6 Å². The van der Waals surface area contributed by atoms with Crippen molar-refractivity contribution in [3.63, 3.8) is 0 Å². The summed E-state index contributed by atoms with van der Waals surface area (Å²) in [7, 11) is 1.18. The van der Waals surface area contributed by atoms with Crippen LogP contribution in [0, 0.1) is 34.8 Å². The molecule has 4 heteroatoms. The van der Waals surface area contributed by atoms with Crippen molar-refractivity contribution < 1.29 is 13.5 Å². The Balaban J connectivity index is 3.06. The maximum absolute atomic E-state index is 13.1. The number of methoxy groups -OCH3 is 1. The highest BCUT2D eigenvalue weighted by Gasteiger charge is 2.10. The molecule has 0 fully saturated rings. The van der Waals surface area contributed by atoms with E-state index in [-0.39, 0.29) is 12.0 Å². The van der Waals surface area contributed by atoms with Gasteiger partial charge >= 0.3 is 0 Å². The first kappa shape index (κ1) is 11.0. The van der Waals surface area contributed by atoms with Crippen molar-refractivity contribution in [2.24, 2.45) is 0 Å². The molecule has 2 nitrogen and oxygen atoms in total. The number of nitrogens with zero attached hydrogens (tertiary/aromatic N) is 1. The molecule has 0 saturated heterocycles. The van der Waals surface area contributed by atoms with Crippen LogP contribution in [-0.2, 0) is 0 Å². The molecule has 0 saturated carbocycles. The van der Waals surface area contributed by atoms with Gasteiger partial charge in [0.1, 0.15) is 0 Å². The monoisotopic (exact) mass is 207 g/mol. The molecule has 0 aromatic heterocycles. The van der Waals surface area contributed by atoms with Gasteiger partial charge in [-0.05, 0) is 12.1 Å². The Labute approximate surface area is 86.1 Å². The van der Waals surface area contributed by atoms with Gasteiger partial charge in [0, 0.05) is 5.56 Å². The van der Waals surface area contributed by atoms with E-state index >= 15 is 0 Å². The predicted octanol–water partition coefficient (Wildman–Crippen LogP) is 2.24. The SMILES string of the molecule is COc1c(F)cc(C#CCC#N)cc1F. The maximum atomic E-state index is 13.1. The number of nitriles is 1. The normalized spacial score (nSPS) is 8.67. The smallest absolute Gasteiger partial charge is 0.190 e. The van der Waals surface area contributed by atoms with Crippen molar-refractivity contribution in [1.82, 2.24) is 0 Å². The van der Waals surface area contributed by atoms with Gasteiger partial charge < -0.3 is 4.74 Å². The number of rotatable bonds is 1. The third kappa shape index (κ3) is 2.69. The van der Waals surface area contributed by atoms with Crippen LogP contribution in [0.25, 0.3) is 0 Å². The molecule has 0 aliphatic heterocycles. The minimum Gasteiger partial charge on any atom is -0.491 e. The van der Waals surface area contributed by atoms with Gasteiger partial charge in [-0.15, -0.1) is 0 Å². The van der Waals surface area contributed by atoms with E-state index in [0.717, 1.165) is 12.1 Å². The van der Waals surface area contributed by atoms with Crippen LogP contribution in [0.2, 0.25) is 0 Å². The Morgan fingerprint density at radius 3 is 2.40 bits per heavy atom. The second-order valence-electron chi connectivity index (χ2n) is 2.61. The van der Waals surface area contributed by atoms with Crippen LogP contribution in [0.4, 0.5) is 8.78 Å². The van der Waals surface area contributed by atoms with E-state index in [1.165, 1.54) is 7.11 Å². The summed E-state index contributed by atoms with van der Waals surface area (Å²) >= 11 is 0. The van der Waals surface area contributed by atoms with E-state index in [1.807, 2.05) is 0 Å². The third-order valence-corrected chi connectivity index (χ3v) is 1.60. The highest BCUT2D eigenvalue weighted by Crippen LogP contribution is 2.22. The van der Waals surface area contributed by atoms with Gasteiger partial charge in [-0.2, -0.15) is 5.26 Å². The van der Waals surface area contributed by atoms with Crippen molar-refractivity contribution in [2.45, 2.75) is 6.42 Å². The van der Waals surface area contributed by atoms with E-state index < -0.39 is 17.4 Å². The van der Waals surface area contributed by atoms with Crippen LogP contribution in [0.15, 0.2) is 12.1 Å². The highest BCUT2D eigenvalue weighted by atomic mass is 19.1. The molecule has 0 atom stereocenters. The summed E-state index contributed by atoms with van der Waals surface area (Å²) in [5.41, 5.74) is 0.182. The summed E-state index contributed by atoms with van der Waals surface area (Å²) in [6.45, 7) is 0. The highest BCUT2D eigenvalue weighted by molar-refractivity contribution is 5.40. The van der Waals surface area contributed by atoms with E-state index in [9.17, 15) is 8.78 Å². The second kappa shape index (κ2) is 4.97. The van der Waals surface area contributed by atoms with Gasteiger partial charge in [-0.25, -0.2) is 8.78 Å². The molecule has 0 aliphatic carbocycles. The van der Waals surface area contributed by atoms with Crippen molar-refractivity contribution in [1.29, 1.82) is 5.26 Å². The molecule has 0 radical (unpaired) electrons. The van der Waals surface area contributed by atoms with Crippen LogP contribution in [0.3, 0.4) is 0 Å². The van der Waals surface area contributed by atoms with Gasteiger partial charge in [0.15, 0.2) is 17.4 Å². The largest absolute Gasteiger partial charge is 0.491 e. The Kier molecular flexibility index (Phi) is 3.65. The summed E-state index contributed by atoms with van der Waals surface area (Å²) in [4.78, 5) is 0. The van der Waals surface area contributed by atoms with Crippen LogP contribution < -0.4 is 4.74 Å². The van der Waals surface area contributed by atoms with Crippen LogP contribution in [0.1, 0.15) is 12.0 Å². The molecule has 0 bridgehead atoms. The average Bonchev–Trinajstić information content (AvgIpc) is 2.18. The average molecular weight is 207 g/mol. The molecule has 1 aromatic rings. The molecule has 0 amide bonds. The fraction of sp³-hybridized carbons (Fsp3) is 0.182. The van der Waals surface area contributed by atoms with Crippen molar-refractivity contribution >= 4 is 0 Å². The Bertz CT molecular complexity index is 443. The minimum absolute atomic E-state index is 0.0231. The third-order valence-electron chi connectivity index (χ3n) is 1.60. The molecule has 0 aliphatic rings. The first-order valence-corrected chi connectivity index (χ1v) is 4.08. The van der Waals surface area contributed by atoms with Crippen LogP contribution in [-0.4, -0.2) is 7.11 Å². The zero-order valence-electron chi connectivity index (χ0n) is 7.97. The molecule has 0 heterocycles. The number of halogens is 2. The quantitative estimate of drug-likeness (QED) is 0.661. The summed E-state index contributed by atoms with van der Waals surface area (Å²) in [5.74, 6) is 2.89. The lowest BCUT2D eigenvalue weighted by atomic mass is 10.2. The minimum atomic E-state index is -0.807. The maximum Gasteiger partial charge on any atom is 0.190 e. The van der Waals surface area contributed by atoms with Gasteiger partial charge in [0.2, 0.25) is 0 Å². The fourth-order valence-electron chi connectivity index (χ4n) is 1.01. The number of hydrogen-bond acceptors (Lipinski definition) is 2. The van der Waals surface area contributed by atoms with Crippen LogP contribution >= 0.6 is 0 Å². The molecular weight excluding hydrogens is 200 g/mol. The number of ether oxygens (including phenoxy) is 1. The van der Waals surface area contributed by atoms with Crippen LogP contribution in [0.5, 0.6) is 5.75 Å². The Hall–Kier alpha value is -2.07. The Morgan fingerprint density at radius 1 is 1.33 bits per heavy atom. The fourth-order valence-corrected chi connectivity index (χ4v) is 1.01. The molecule has 1 rings (SSSR count). The Morgan fingerprint density at radius 2 is 1.93 bits per heavy atom. The summed E-state index contributed by atoms with van der Waals surface area (Å²) < 4.78 is 30.8. The first-order chi connectivity index (χ1) is 7.19. The van der Waals surface area contributed by atoms with Crippen molar-refractivity contribution in [3.05, 3.63) is 29.3 Å². The molecule has 76 valence electrons. The molecule has 15 heavy (non-hydrogen) atoms. The van der Waals surface area contributed by atoms with E-state index in [1.54, 1.807) is 6.07 Å². The summed E-state index contributed by atoms with van der Waals surface area (Å²) in [6, 6.07) is 3.93. The second-order valence-corrected chi connectivity index (χ2v) is 2.61. The lowest BCUT2D eigenvalue weighted by Crippen LogP contribution is -1.93. The van der Waals surface area contributed by atoms with Crippen molar-refractivity contribution in [2.75, 3.05) is 7.11 Å². The number of benzene rings is 1. The summed E-state index contributed by atoms with van der Waals surface area (Å²) in [6.07, 6.45) is 0.0231. The van der Waals surface area contributed by atoms with Crippen molar-refractivity contribution in [3.8, 4) is 23.7 Å².